The molecule has 0 bridgehead atoms. The van der Waals surface area contributed by atoms with Crippen molar-refractivity contribution < 1.29 is 54.9 Å². The fourth-order valence-electron chi connectivity index (χ4n) is 3.96. The Hall–Kier alpha value is -2.53. The maximum Gasteiger partial charge on any atom is 0.310 e. The summed E-state index contributed by atoms with van der Waals surface area (Å²) in [6.45, 7) is 13.6. The van der Waals surface area contributed by atoms with Crippen LogP contribution in [0.2, 0.25) is 0 Å². The molecule has 0 fully saturated rings. The van der Waals surface area contributed by atoms with Gasteiger partial charge >= 0.3 is 11.9 Å². The Morgan fingerprint density at radius 2 is 1.26 bits per heavy atom. The lowest BCUT2D eigenvalue weighted by molar-refractivity contribution is -0.173. The van der Waals surface area contributed by atoms with E-state index in [1.165, 1.54) is 6.07 Å². The van der Waals surface area contributed by atoms with Crippen molar-refractivity contribution in [1.82, 2.24) is 0 Å². The fourth-order valence-corrected chi connectivity index (χ4v) is 7.38. The molecule has 0 aromatic heterocycles. The number of hydrogen-bond acceptors (Lipinski definition) is 11. The van der Waals surface area contributed by atoms with Crippen LogP contribution in [0.4, 0.5) is 0 Å². The van der Waals surface area contributed by atoms with Crippen LogP contribution in [-0.2, 0) is 53.8 Å². The molecule has 0 radical (unpaired) electrons. The molecule has 1 N–H and O–H groups in total. The molecule has 0 saturated carbocycles. The van der Waals surface area contributed by atoms with Gasteiger partial charge in [0, 0.05) is 11.8 Å². The zero-order valence-corrected chi connectivity index (χ0v) is 31.0. The highest BCUT2D eigenvalue weighted by atomic mass is 32.2. The molecule has 15 heteroatoms. The number of hydrogen-bond donors (Lipinski definition) is 1. The van der Waals surface area contributed by atoms with Gasteiger partial charge in [0.25, 0.3) is 10.1 Å². The summed E-state index contributed by atoms with van der Waals surface area (Å²) < 4.78 is 88.9. The summed E-state index contributed by atoms with van der Waals surface area (Å²) in [5.41, 5.74) is 0.443. The minimum Gasteiger partial charge on any atom is -0.456 e. The van der Waals surface area contributed by atoms with Crippen molar-refractivity contribution in [2.75, 3.05) is 5.75 Å². The first-order chi connectivity index (χ1) is 21.9. The van der Waals surface area contributed by atoms with E-state index in [0.29, 0.717) is 11.3 Å². The second kappa shape index (κ2) is 18.9. The van der Waals surface area contributed by atoms with Gasteiger partial charge in [-0.1, -0.05) is 79.7 Å². The predicted octanol–water partition coefficient (Wildman–Crippen LogP) is 6.29. The van der Waals surface area contributed by atoms with Gasteiger partial charge < -0.3 is 14.2 Å². The van der Waals surface area contributed by atoms with Crippen molar-refractivity contribution in [2.24, 2.45) is 23.7 Å². The third kappa shape index (κ3) is 13.5. The number of carbonyl (C=O) groups is 2. The van der Waals surface area contributed by atoms with Gasteiger partial charge in [0.2, 0.25) is 28.6 Å². The van der Waals surface area contributed by atoms with Crippen LogP contribution in [0, 0.1) is 23.7 Å². The maximum atomic E-state index is 14.2. The van der Waals surface area contributed by atoms with Crippen molar-refractivity contribution >= 4 is 48.7 Å². The fraction of sp³-hybridized carbons (Fsp3) is 0.562. The molecule has 0 aliphatic carbocycles. The standard InChI is InChI=1S/C32H48O12P2S/c1-20(2)29(33)41-31(22(5)6)43-45(35)26-18-17-24(14-12-13-19-47(37,38)39)28(27(26)40-25-15-10-9-11-16-25)46(36)44-32(23(7)8)42-30(34)21(3)4/h9-11,15-18,20-23,31-32,45-46H,12-14,19H2,1-8H3,(H,37,38,39). The predicted molar refractivity (Wildman–Crippen MR) is 181 cm³/mol. The lowest BCUT2D eigenvalue weighted by Crippen LogP contribution is -2.29. The minimum absolute atomic E-state index is 0.0454. The second-order valence-electron chi connectivity index (χ2n) is 12.4. The molecule has 12 nitrogen and oxygen atoms in total. The molecule has 2 aromatic rings. The van der Waals surface area contributed by atoms with Gasteiger partial charge in [0.15, 0.2) is 5.75 Å². The average Bonchev–Trinajstić information content (AvgIpc) is 2.98. The van der Waals surface area contributed by atoms with Gasteiger partial charge in [-0.3, -0.25) is 32.3 Å². The highest BCUT2D eigenvalue weighted by molar-refractivity contribution is 7.85. The molecule has 0 aliphatic rings. The molecule has 0 aliphatic heterocycles. The maximum absolute atomic E-state index is 14.2. The van der Waals surface area contributed by atoms with Gasteiger partial charge in [0.1, 0.15) is 5.75 Å². The number of carbonyl (C=O) groups excluding carboxylic acids is 2. The number of benzene rings is 2. The van der Waals surface area contributed by atoms with Gasteiger partial charge in [-0.15, -0.1) is 0 Å². The molecule has 4 unspecified atom stereocenters. The van der Waals surface area contributed by atoms with Crippen molar-refractivity contribution in [3.8, 4) is 11.5 Å². The molecule has 0 amide bonds. The number of aryl methyl sites for hydroxylation is 1. The van der Waals surface area contributed by atoms with Gasteiger partial charge in [0.05, 0.1) is 28.2 Å². The summed E-state index contributed by atoms with van der Waals surface area (Å²) in [5.74, 6) is -2.97. The van der Waals surface area contributed by atoms with E-state index in [0.717, 1.165) is 0 Å². The van der Waals surface area contributed by atoms with Gasteiger partial charge in [-0.25, -0.2) is 0 Å². The van der Waals surface area contributed by atoms with Crippen LogP contribution in [0.1, 0.15) is 73.8 Å². The Kier molecular flexibility index (Phi) is 16.3. The van der Waals surface area contributed by atoms with E-state index in [1.807, 2.05) is 0 Å². The van der Waals surface area contributed by atoms with E-state index >= 15 is 0 Å². The number of rotatable bonds is 19. The third-order valence-electron chi connectivity index (χ3n) is 6.67. The van der Waals surface area contributed by atoms with Crippen LogP contribution in [0.3, 0.4) is 0 Å². The monoisotopic (exact) mass is 718 g/mol. The summed E-state index contributed by atoms with van der Waals surface area (Å²) >= 11 is 0. The van der Waals surface area contributed by atoms with Crippen LogP contribution in [0.5, 0.6) is 11.5 Å². The van der Waals surface area contributed by atoms with Gasteiger partial charge in [-0.2, -0.15) is 8.42 Å². The first kappa shape index (κ1) is 40.6. The lowest BCUT2D eigenvalue weighted by Gasteiger charge is -2.25. The highest BCUT2D eigenvalue weighted by Crippen LogP contribution is 2.39. The van der Waals surface area contributed by atoms with Crippen molar-refractivity contribution in [3.05, 3.63) is 48.0 Å². The molecular formula is C32H48O12P2S. The topological polar surface area (TPSA) is 169 Å². The number of para-hydroxylation sites is 1. The minimum atomic E-state index is -4.19. The Balaban J connectivity index is 2.70. The summed E-state index contributed by atoms with van der Waals surface area (Å²) in [7, 11) is -10.8. The molecular weight excluding hydrogens is 670 g/mol. The van der Waals surface area contributed by atoms with E-state index in [-0.39, 0.29) is 41.5 Å². The van der Waals surface area contributed by atoms with E-state index in [2.05, 4.69) is 0 Å². The largest absolute Gasteiger partial charge is 0.456 e. The SMILES string of the molecule is CC(C)C(=O)OC(O[PH](=O)c1ccc(CCCCS(=O)(=O)O)c([PH](=O)OC(OC(=O)C(C)C)C(C)C)c1Oc1ccccc1)C(C)C. The highest BCUT2D eigenvalue weighted by Gasteiger charge is 2.31. The molecule has 2 rings (SSSR count). The molecule has 0 spiro atoms. The van der Waals surface area contributed by atoms with Crippen LogP contribution in [-0.4, -0.2) is 43.2 Å². The third-order valence-corrected chi connectivity index (χ3v) is 10.2. The Morgan fingerprint density at radius 3 is 1.72 bits per heavy atom. The second-order valence-corrected chi connectivity index (χ2v) is 16.6. The number of ether oxygens (including phenoxy) is 3. The quantitative estimate of drug-likeness (QED) is 0.0568. The van der Waals surface area contributed by atoms with E-state index in [1.54, 1.807) is 91.8 Å². The van der Waals surface area contributed by atoms with E-state index in [9.17, 15) is 31.7 Å². The Morgan fingerprint density at radius 1 is 0.745 bits per heavy atom. The molecule has 4 atom stereocenters. The summed E-state index contributed by atoms with van der Waals surface area (Å²) in [4.78, 5) is 24.8. The van der Waals surface area contributed by atoms with E-state index < -0.39 is 74.2 Å². The van der Waals surface area contributed by atoms with Crippen molar-refractivity contribution in [3.63, 3.8) is 0 Å². The molecule has 0 saturated heterocycles. The molecule has 264 valence electrons. The first-order valence-electron chi connectivity index (χ1n) is 15.6. The lowest BCUT2D eigenvalue weighted by atomic mass is 10.1. The van der Waals surface area contributed by atoms with Crippen molar-refractivity contribution in [2.45, 2.75) is 87.2 Å². The summed E-state index contributed by atoms with van der Waals surface area (Å²) in [6.07, 6.45) is -1.77. The number of unbranched alkanes of at least 4 members (excludes halogenated alkanes) is 1. The summed E-state index contributed by atoms with van der Waals surface area (Å²) in [6, 6.07) is 11.6. The van der Waals surface area contributed by atoms with Crippen LogP contribution in [0.15, 0.2) is 42.5 Å². The molecule has 47 heavy (non-hydrogen) atoms. The molecule has 2 aromatic carbocycles. The van der Waals surface area contributed by atoms with Crippen LogP contribution >= 0.6 is 16.1 Å². The molecule has 0 heterocycles. The van der Waals surface area contributed by atoms with Crippen LogP contribution in [0.25, 0.3) is 0 Å². The first-order valence-corrected chi connectivity index (χ1v) is 19.8. The Bertz CT molecular complexity index is 1490. The zero-order valence-electron chi connectivity index (χ0n) is 28.2. The summed E-state index contributed by atoms with van der Waals surface area (Å²) in [5, 5.41) is 0.0979. The number of esters is 2. The van der Waals surface area contributed by atoms with Crippen molar-refractivity contribution in [1.29, 1.82) is 0 Å². The van der Waals surface area contributed by atoms with Gasteiger partial charge in [-0.05, 0) is 43.0 Å². The smallest absolute Gasteiger partial charge is 0.310 e. The zero-order chi connectivity index (χ0) is 35.5. The average molecular weight is 719 g/mol. The Labute approximate surface area is 279 Å². The normalized spacial score (nSPS) is 14.7. The van der Waals surface area contributed by atoms with Crippen LogP contribution < -0.4 is 15.3 Å². The van der Waals surface area contributed by atoms with E-state index in [4.69, 9.17) is 23.3 Å².